The van der Waals surface area contributed by atoms with E-state index in [1.54, 1.807) is 43.3 Å². The van der Waals surface area contributed by atoms with Crippen LogP contribution in [0.15, 0.2) is 24.3 Å². The lowest BCUT2D eigenvalue weighted by atomic mass is 10.2. The molecule has 0 saturated carbocycles. The van der Waals surface area contributed by atoms with Crippen LogP contribution in [0.2, 0.25) is 0 Å². The first-order chi connectivity index (χ1) is 9.60. The van der Waals surface area contributed by atoms with Gasteiger partial charge in [0.15, 0.2) is 0 Å². The van der Waals surface area contributed by atoms with Crippen molar-refractivity contribution in [3.8, 4) is 5.75 Å². The number of cyclic esters (lactones) is 1. The maximum absolute atomic E-state index is 11.9. The van der Waals surface area contributed by atoms with E-state index >= 15 is 0 Å². The van der Waals surface area contributed by atoms with Gasteiger partial charge < -0.3 is 14.8 Å². The molecule has 1 aromatic carbocycles. The minimum Gasteiger partial charge on any atom is -0.497 e. The third-order valence-electron chi connectivity index (χ3n) is 3.19. The lowest BCUT2D eigenvalue weighted by Crippen LogP contribution is -2.40. The molecule has 2 rings (SSSR count). The number of methoxy groups -OCH3 is 1. The number of benzene rings is 1. The molecule has 0 bridgehead atoms. The van der Waals surface area contributed by atoms with Crippen LogP contribution in [-0.2, 0) is 14.3 Å². The molecular weight excluding hydrogens is 260 g/mol. The monoisotopic (exact) mass is 278 g/mol. The predicted molar refractivity (Wildman–Crippen MR) is 73.6 cm³/mol. The van der Waals surface area contributed by atoms with Crippen molar-refractivity contribution in [1.29, 1.82) is 0 Å². The number of ether oxygens (including phenoxy) is 2. The first kappa shape index (κ1) is 14.3. The summed E-state index contributed by atoms with van der Waals surface area (Å²) in [6.07, 6.45) is 0.627. The molecule has 0 aliphatic carbocycles. The van der Waals surface area contributed by atoms with Crippen LogP contribution in [0.25, 0.3) is 0 Å². The van der Waals surface area contributed by atoms with E-state index in [1.807, 2.05) is 0 Å². The normalized spacial score (nSPS) is 17.9. The van der Waals surface area contributed by atoms with Crippen LogP contribution in [0.4, 0.5) is 5.69 Å². The quantitative estimate of drug-likeness (QED) is 0.810. The SMILES string of the molecule is COc1cccc(NC(=O)CN(C)C2CCOC2=O)c1. The molecule has 0 radical (unpaired) electrons. The molecule has 6 nitrogen and oxygen atoms in total. The molecule has 0 aromatic heterocycles. The van der Waals surface area contributed by atoms with Gasteiger partial charge in [-0.05, 0) is 19.2 Å². The second kappa shape index (κ2) is 6.38. The van der Waals surface area contributed by atoms with Crippen LogP contribution >= 0.6 is 0 Å². The van der Waals surface area contributed by atoms with Gasteiger partial charge in [0.25, 0.3) is 0 Å². The summed E-state index contributed by atoms with van der Waals surface area (Å²) in [4.78, 5) is 25.1. The summed E-state index contributed by atoms with van der Waals surface area (Å²) >= 11 is 0. The molecule has 1 saturated heterocycles. The number of hydrogen-bond acceptors (Lipinski definition) is 5. The van der Waals surface area contributed by atoms with Gasteiger partial charge in [0, 0.05) is 18.2 Å². The standard InChI is InChI=1S/C14H18N2O4/c1-16(12-6-7-20-14(12)18)9-13(17)15-10-4-3-5-11(8-10)19-2/h3-5,8,12H,6-7,9H2,1-2H3,(H,15,17). The lowest BCUT2D eigenvalue weighted by molar-refractivity contribution is -0.142. The molecule has 1 fully saturated rings. The number of amides is 1. The fourth-order valence-electron chi connectivity index (χ4n) is 2.12. The van der Waals surface area contributed by atoms with Crippen molar-refractivity contribution in [3.63, 3.8) is 0 Å². The molecule has 1 aliphatic heterocycles. The van der Waals surface area contributed by atoms with E-state index in [0.717, 1.165) is 0 Å². The number of esters is 1. The Morgan fingerprint density at radius 3 is 3.00 bits per heavy atom. The molecular formula is C14H18N2O4. The van der Waals surface area contributed by atoms with E-state index < -0.39 is 0 Å². The van der Waals surface area contributed by atoms with Gasteiger partial charge in [0.1, 0.15) is 11.8 Å². The minimum absolute atomic E-state index is 0.136. The van der Waals surface area contributed by atoms with Crippen LogP contribution in [-0.4, -0.2) is 50.1 Å². The number of nitrogens with one attached hydrogen (secondary N) is 1. The smallest absolute Gasteiger partial charge is 0.323 e. The summed E-state index contributed by atoms with van der Waals surface area (Å²) in [5, 5.41) is 2.77. The zero-order chi connectivity index (χ0) is 14.5. The first-order valence-corrected chi connectivity index (χ1v) is 6.41. The molecule has 1 N–H and O–H groups in total. The summed E-state index contributed by atoms with van der Waals surface area (Å²) < 4.78 is 9.98. The zero-order valence-corrected chi connectivity index (χ0v) is 11.6. The Morgan fingerprint density at radius 2 is 2.35 bits per heavy atom. The summed E-state index contributed by atoms with van der Waals surface area (Å²) in [5.41, 5.74) is 0.664. The third-order valence-corrected chi connectivity index (χ3v) is 3.19. The molecule has 1 atom stereocenters. The molecule has 1 heterocycles. The predicted octanol–water partition coefficient (Wildman–Crippen LogP) is 0.881. The first-order valence-electron chi connectivity index (χ1n) is 6.41. The fraction of sp³-hybridized carbons (Fsp3) is 0.429. The van der Waals surface area contributed by atoms with Crippen LogP contribution < -0.4 is 10.1 Å². The fourth-order valence-corrected chi connectivity index (χ4v) is 2.12. The van der Waals surface area contributed by atoms with Crippen LogP contribution in [0, 0.1) is 0 Å². The average molecular weight is 278 g/mol. The molecule has 1 aromatic rings. The number of hydrogen-bond donors (Lipinski definition) is 1. The van der Waals surface area contributed by atoms with E-state index in [2.05, 4.69) is 5.32 Å². The van der Waals surface area contributed by atoms with Crippen molar-refractivity contribution in [1.82, 2.24) is 4.90 Å². The van der Waals surface area contributed by atoms with Gasteiger partial charge in [-0.25, -0.2) is 0 Å². The topological polar surface area (TPSA) is 67.9 Å². The van der Waals surface area contributed by atoms with Crippen molar-refractivity contribution >= 4 is 17.6 Å². The maximum atomic E-state index is 11.9. The molecule has 1 amide bonds. The van der Waals surface area contributed by atoms with Gasteiger partial charge in [0.2, 0.25) is 5.91 Å². The van der Waals surface area contributed by atoms with Gasteiger partial charge in [-0.2, -0.15) is 0 Å². The molecule has 1 unspecified atom stereocenters. The zero-order valence-electron chi connectivity index (χ0n) is 11.6. The van der Waals surface area contributed by atoms with Crippen molar-refractivity contribution in [2.75, 3.05) is 32.6 Å². The van der Waals surface area contributed by atoms with Crippen LogP contribution in [0.3, 0.4) is 0 Å². The van der Waals surface area contributed by atoms with E-state index in [9.17, 15) is 9.59 Å². The van der Waals surface area contributed by atoms with Gasteiger partial charge >= 0.3 is 5.97 Å². The maximum Gasteiger partial charge on any atom is 0.323 e. The summed E-state index contributed by atoms with van der Waals surface area (Å²) in [7, 11) is 3.31. The Hall–Kier alpha value is -2.08. The lowest BCUT2D eigenvalue weighted by Gasteiger charge is -2.20. The largest absolute Gasteiger partial charge is 0.497 e. The van der Waals surface area contributed by atoms with E-state index in [0.29, 0.717) is 24.5 Å². The van der Waals surface area contributed by atoms with Crippen LogP contribution in [0.5, 0.6) is 5.75 Å². The van der Waals surface area contributed by atoms with Crippen molar-refractivity contribution in [2.45, 2.75) is 12.5 Å². The second-order valence-electron chi connectivity index (χ2n) is 4.67. The van der Waals surface area contributed by atoms with Crippen molar-refractivity contribution in [2.24, 2.45) is 0 Å². The Labute approximate surface area is 117 Å². The number of rotatable bonds is 5. The highest BCUT2D eigenvalue weighted by atomic mass is 16.5. The Morgan fingerprint density at radius 1 is 1.55 bits per heavy atom. The Bertz CT molecular complexity index is 504. The average Bonchev–Trinajstić information content (AvgIpc) is 2.85. The van der Waals surface area contributed by atoms with Gasteiger partial charge in [0.05, 0.1) is 20.3 Å². The summed E-state index contributed by atoms with van der Waals surface area (Å²) in [6, 6.07) is 6.79. The highest BCUT2D eigenvalue weighted by Crippen LogP contribution is 2.17. The Balaban J connectivity index is 1.90. The highest BCUT2D eigenvalue weighted by molar-refractivity contribution is 5.92. The molecule has 6 heteroatoms. The Kier molecular flexibility index (Phi) is 4.57. The number of carbonyl (C=O) groups is 2. The number of likely N-dealkylation sites (N-methyl/N-ethyl adjacent to an activating group) is 1. The summed E-state index contributed by atoms with van der Waals surface area (Å²) in [5.74, 6) is 0.234. The highest BCUT2D eigenvalue weighted by Gasteiger charge is 2.30. The van der Waals surface area contributed by atoms with E-state index in [-0.39, 0.29) is 24.5 Å². The number of anilines is 1. The minimum atomic E-state index is -0.328. The molecule has 20 heavy (non-hydrogen) atoms. The van der Waals surface area contributed by atoms with Gasteiger partial charge in [-0.3, -0.25) is 14.5 Å². The molecule has 108 valence electrons. The van der Waals surface area contributed by atoms with Crippen molar-refractivity contribution in [3.05, 3.63) is 24.3 Å². The molecule has 0 spiro atoms. The number of carbonyl (C=O) groups excluding carboxylic acids is 2. The molecule has 1 aliphatic rings. The second-order valence-corrected chi connectivity index (χ2v) is 4.67. The van der Waals surface area contributed by atoms with Gasteiger partial charge in [-0.15, -0.1) is 0 Å². The van der Waals surface area contributed by atoms with Crippen LogP contribution in [0.1, 0.15) is 6.42 Å². The summed E-state index contributed by atoms with van der Waals surface area (Å²) in [6.45, 7) is 0.558. The third kappa shape index (κ3) is 3.48. The van der Waals surface area contributed by atoms with E-state index in [4.69, 9.17) is 9.47 Å². The number of nitrogens with zero attached hydrogens (tertiary/aromatic N) is 1. The van der Waals surface area contributed by atoms with Gasteiger partial charge in [-0.1, -0.05) is 6.07 Å². The van der Waals surface area contributed by atoms with Crippen molar-refractivity contribution < 1.29 is 19.1 Å². The van der Waals surface area contributed by atoms with E-state index in [1.165, 1.54) is 0 Å².